The highest BCUT2D eigenvalue weighted by atomic mass is 16.5. The number of hydrogen-bond acceptors (Lipinski definition) is 4. The molecule has 82 valence electrons. The Balaban J connectivity index is 2.24. The van der Waals surface area contributed by atoms with E-state index in [-0.39, 0.29) is 11.8 Å². The normalized spacial score (nSPS) is 19.6. The van der Waals surface area contributed by atoms with Crippen LogP contribution in [0.3, 0.4) is 0 Å². The maximum absolute atomic E-state index is 11.7. The molecule has 2 heterocycles. The first-order valence-electron chi connectivity index (χ1n) is 4.87. The molecule has 0 bridgehead atoms. The molecule has 2 rings (SSSR count). The first-order valence-corrected chi connectivity index (χ1v) is 4.87. The first-order chi connectivity index (χ1) is 7.74. The molecule has 1 unspecified atom stereocenters. The van der Waals surface area contributed by atoms with Gasteiger partial charge in [-0.2, -0.15) is 0 Å². The molecule has 1 aromatic heterocycles. The SMILES string of the molecule is C#CC1CC(=O)N(c2cc(OC)ncn2)C1. The Bertz CT molecular complexity index is 453. The van der Waals surface area contributed by atoms with Crippen molar-refractivity contribution < 1.29 is 9.53 Å². The van der Waals surface area contributed by atoms with E-state index in [1.807, 2.05) is 0 Å². The molecule has 1 aliphatic heterocycles. The van der Waals surface area contributed by atoms with Crippen molar-refractivity contribution in [3.05, 3.63) is 12.4 Å². The second-order valence-electron chi connectivity index (χ2n) is 3.49. The zero-order valence-corrected chi connectivity index (χ0v) is 8.88. The highest BCUT2D eigenvalue weighted by Gasteiger charge is 2.30. The monoisotopic (exact) mass is 217 g/mol. The zero-order valence-electron chi connectivity index (χ0n) is 8.88. The van der Waals surface area contributed by atoms with Gasteiger partial charge in [-0.15, -0.1) is 12.3 Å². The number of terminal acetylenes is 1. The van der Waals surface area contributed by atoms with Crippen molar-refractivity contribution >= 4 is 11.7 Å². The van der Waals surface area contributed by atoms with E-state index in [0.29, 0.717) is 24.7 Å². The number of carbonyl (C=O) groups excluding carboxylic acids is 1. The molecule has 1 saturated heterocycles. The van der Waals surface area contributed by atoms with E-state index in [1.165, 1.54) is 13.4 Å². The summed E-state index contributed by atoms with van der Waals surface area (Å²) in [7, 11) is 1.52. The predicted molar refractivity (Wildman–Crippen MR) is 57.9 cm³/mol. The minimum Gasteiger partial charge on any atom is -0.481 e. The maximum atomic E-state index is 11.7. The topological polar surface area (TPSA) is 55.3 Å². The largest absolute Gasteiger partial charge is 0.481 e. The van der Waals surface area contributed by atoms with Gasteiger partial charge in [-0.3, -0.25) is 9.69 Å². The molecular weight excluding hydrogens is 206 g/mol. The van der Waals surface area contributed by atoms with Gasteiger partial charge < -0.3 is 4.74 Å². The molecule has 5 nitrogen and oxygen atoms in total. The minimum absolute atomic E-state index is 0.0105. The molecule has 0 aromatic carbocycles. The van der Waals surface area contributed by atoms with Crippen LogP contribution in [0.5, 0.6) is 5.88 Å². The van der Waals surface area contributed by atoms with E-state index >= 15 is 0 Å². The molecule has 0 aliphatic carbocycles. The van der Waals surface area contributed by atoms with Crippen molar-refractivity contribution in [1.82, 2.24) is 9.97 Å². The van der Waals surface area contributed by atoms with E-state index in [9.17, 15) is 4.79 Å². The Morgan fingerprint density at radius 3 is 3.06 bits per heavy atom. The highest BCUT2D eigenvalue weighted by Crippen LogP contribution is 2.24. The number of aromatic nitrogens is 2. The van der Waals surface area contributed by atoms with E-state index in [1.54, 1.807) is 11.0 Å². The summed E-state index contributed by atoms with van der Waals surface area (Å²) in [6, 6.07) is 1.62. The lowest BCUT2D eigenvalue weighted by Crippen LogP contribution is -2.25. The number of anilines is 1. The Kier molecular flexibility index (Phi) is 2.73. The summed E-state index contributed by atoms with van der Waals surface area (Å²) in [5, 5.41) is 0. The molecule has 1 aliphatic rings. The van der Waals surface area contributed by atoms with Crippen LogP contribution in [0.2, 0.25) is 0 Å². The predicted octanol–water partition coefficient (Wildman–Crippen LogP) is 0.471. The number of hydrogen-bond donors (Lipinski definition) is 0. The van der Waals surface area contributed by atoms with Gasteiger partial charge in [0, 0.05) is 24.9 Å². The number of methoxy groups -OCH3 is 1. The van der Waals surface area contributed by atoms with Gasteiger partial charge in [-0.05, 0) is 0 Å². The van der Waals surface area contributed by atoms with E-state index in [2.05, 4.69) is 15.9 Å². The van der Waals surface area contributed by atoms with Crippen LogP contribution in [-0.2, 0) is 4.79 Å². The number of nitrogens with zero attached hydrogens (tertiary/aromatic N) is 3. The lowest BCUT2D eigenvalue weighted by Gasteiger charge is -2.14. The average molecular weight is 217 g/mol. The summed E-state index contributed by atoms with van der Waals surface area (Å²) in [5.41, 5.74) is 0. The fourth-order valence-electron chi connectivity index (χ4n) is 1.63. The zero-order chi connectivity index (χ0) is 11.5. The molecule has 5 heteroatoms. The second kappa shape index (κ2) is 4.19. The molecule has 0 spiro atoms. The number of carbonyl (C=O) groups is 1. The van der Waals surface area contributed by atoms with Crippen LogP contribution in [0.25, 0.3) is 0 Å². The van der Waals surface area contributed by atoms with Crippen molar-refractivity contribution in [2.45, 2.75) is 6.42 Å². The van der Waals surface area contributed by atoms with Crippen LogP contribution in [-0.4, -0.2) is 29.5 Å². The second-order valence-corrected chi connectivity index (χ2v) is 3.49. The third-order valence-corrected chi connectivity index (χ3v) is 2.47. The van der Waals surface area contributed by atoms with Gasteiger partial charge >= 0.3 is 0 Å². The van der Waals surface area contributed by atoms with Crippen LogP contribution in [0.4, 0.5) is 5.82 Å². The standard InChI is InChI=1S/C11H11N3O2/c1-3-8-4-11(15)14(6-8)9-5-10(16-2)13-7-12-9/h1,5,7-8H,4,6H2,2H3. The highest BCUT2D eigenvalue weighted by molar-refractivity contribution is 5.95. The van der Waals surface area contributed by atoms with Gasteiger partial charge in [0.05, 0.1) is 7.11 Å². The third-order valence-electron chi connectivity index (χ3n) is 2.47. The summed E-state index contributed by atoms with van der Waals surface area (Å²) in [6.45, 7) is 0.509. The van der Waals surface area contributed by atoms with E-state index in [4.69, 9.17) is 11.2 Å². The van der Waals surface area contributed by atoms with Gasteiger partial charge in [0.1, 0.15) is 12.1 Å². The molecule has 0 radical (unpaired) electrons. The summed E-state index contributed by atoms with van der Waals surface area (Å²) in [4.78, 5) is 21.2. The fourth-order valence-corrected chi connectivity index (χ4v) is 1.63. The fraction of sp³-hybridized carbons (Fsp3) is 0.364. The molecule has 16 heavy (non-hydrogen) atoms. The van der Waals surface area contributed by atoms with Crippen molar-refractivity contribution in [2.24, 2.45) is 5.92 Å². The van der Waals surface area contributed by atoms with E-state index in [0.717, 1.165) is 0 Å². The van der Waals surface area contributed by atoms with Crippen LogP contribution in [0.1, 0.15) is 6.42 Å². The lowest BCUT2D eigenvalue weighted by molar-refractivity contribution is -0.117. The van der Waals surface area contributed by atoms with Crippen LogP contribution in [0.15, 0.2) is 12.4 Å². The smallest absolute Gasteiger partial charge is 0.229 e. The molecule has 0 N–H and O–H groups in total. The number of ether oxygens (including phenoxy) is 1. The van der Waals surface area contributed by atoms with Crippen LogP contribution in [0, 0.1) is 18.3 Å². The molecule has 1 atom stereocenters. The molecule has 1 fully saturated rings. The summed E-state index contributed by atoms with van der Waals surface area (Å²) >= 11 is 0. The lowest BCUT2D eigenvalue weighted by atomic mass is 10.1. The van der Waals surface area contributed by atoms with E-state index < -0.39 is 0 Å². The van der Waals surface area contributed by atoms with Gasteiger partial charge in [0.15, 0.2) is 0 Å². The Morgan fingerprint density at radius 2 is 2.44 bits per heavy atom. The Labute approximate surface area is 93.5 Å². The average Bonchev–Trinajstić information content (AvgIpc) is 2.71. The summed E-state index contributed by atoms with van der Waals surface area (Å²) < 4.78 is 4.97. The number of amides is 1. The van der Waals surface area contributed by atoms with Crippen molar-refractivity contribution in [3.63, 3.8) is 0 Å². The van der Waals surface area contributed by atoms with Gasteiger partial charge in [-0.25, -0.2) is 9.97 Å². The van der Waals surface area contributed by atoms with Crippen molar-refractivity contribution in [1.29, 1.82) is 0 Å². The first kappa shape index (κ1) is 10.4. The van der Waals surface area contributed by atoms with Crippen LogP contribution < -0.4 is 9.64 Å². The summed E-state index contributed by atoms with van der Waals surface area (Å²) in [6.07, 6.45) is 7.05. The van der Waals surface area contributed by atoms with Gasteiger partial charge in [0.2, 0.25) is 11.8 Å². The molecule has 1 aromatic rings. The molecule has 1 amide bonds. The van der Waals surface area contributed by atoms with Crippen molar-refractivity contribution in [3.8, 4) is 18.2 Å². The van der Waals surface area contributed by atoms with Crippen molar-refractivity contribution in [2.75, 3.05) is 18.6 Å². The Morgan fingerprint density at radius 1 is 1.62 bits per heavy atom. The summed E-state index contributed by atoms with van der Waals surface area (Å²) in [5.74, 6) is 3.51. The maximum Gasteiger partial charge on any atom is 0.229 e. The van der Waals surface area contributed by atoms with Gasteiger partial charge in [-0.1, -0.05) is 0 Å². The number of rotatable bonds is 2. The quantitative estimate of drug-likeness (QED) is 0.676. The van der Waals surface area contributed by atoms with Crippen LogP contribution >= 0.6 is 0 Å². The third kappa shape index (κ3) is 1.82. The Hall–Kier alpha value is -2.09. The molecule has 0 saturated carbocycles. The van der Waals surface area contributed by atoms with Gasteiger partial charge in [0.25, 0.3) is 0 Å². The minimum atomic E-state index is -0.0338. The molecular formula is C11H11N3O2.